The van der Waals surface area contributed by atoms with Gasteiger partial charge in [0.2, 0.25) is 0 Å². The Hall–Kier alpha value is -1.20. The molecule has 0 heterocycles. The van der Waals surface area contributed by atoms with E-state index >= 15 is 0 Å². The maximum Gasteiger partial charge on any atom is 3.00 e. The molecule has 2 aliphatic rings. The molecular formula is C35H51OSiZr+2. The van der Waals surface area contributed by atoms with Gasteiger partial charge in [-0.1, -0.05) is 146 Å². The molecule has 2 aliphatic carbocycles. The fourth-order valence-corrected chi connectivity index (χ4v) is 6.65. The molecule has 2 fully saturated rings. The van der Waals surface area contributed by atoms with Gasteiger partial charge >= 0.3 is 26.2 Å². The van der Waals surface area contributed by atoms with E-state index in [-0.39, 0.29) is 26.2 Å². The standard InChI is InChI=1S/C25H31OSi.2C5H10.Zr/c1-5-18-25(26,19-6-2)24(23-15-11-8-12-16-23)21-27(3,4)20-17-22-13-9-7-10-14-22;2*1-2-4-5-3-1;/h7-16,26H,5-6,18-19H2,1-4H3;2*1-5H2;/q-1;;;+3. The Morgan fingerprint density at radius 2 is 1.13 bits per heavy atom. The number of aliphatic hydroxyl groups is 1. The van der Waals surface area contributed by atoms with Crippen LogP contribution in [0.2, 0.25) is 13.1 Å². The summed E-state index contributed by atoms with van der Waals surface area (Å²) >= 11 is 0. The van der Waals surface area contributed by atoms with Gasteiger partial charge in [-0.3, -0.25) is 5.70 Å². The normalized spacial score (nSPS) is 15.1. The fourth-order valence-electron chi connectivity index (χ4n) is 5.13. The van der Waals surface area contributed by atoms with E-state index in [9.17, 15) is 5.11 Å². The van der Waals surface area contributed by atoms with Gasteiger partial charge in [-0.15, -0.1) is 17.7 Å². The van der Waals surface area contributed by atoms with E-state index in [0.717, 1.165) is 42.4 Å². The van der Waals surface area contributed by atoms with Crippen molar-refractivity contribution in [1.82, 2.24) is 0 Å². The van der Waals surface area contributed by atoms with Crippen LogP contribution in [0.3, 0.4) is 0 Å². The van der Waals surface area contributed by atoms with E-state index in [4.69, 9.17) is 0 Å². The van der Waals surface area contributed by atoms with Crippen molar-refractivity contribution < 1.29 is 31.3 Å². The summed E-state index contributed by atoms with van der Waals surface area (Å²) in [5, 5.41) is 11.5. The molecule has 0 unspecified atom stereocenters. The molecule has 0 aliphatic heterocycles. The van der Waals surface area contributed by atoms with Crippen LogP contribution in [-0.4, -0.2) is 18.8 Å². The van der Waals surface area contributed by atoms with Crippen LogP contribution in [0.1, 0.15) is 115 Å². The summed E-state index contributed by atoms with van der Waals surface area (Å²) in [6.07, 6.45) is 18.4. The predicted molar refractivity (Wildman–Crippen MR) is 165 cm³/mol. The molecule has 0 bridgehead atoms. The molecule has 1 N–H and O–H groups in total. The van der Waals surface area contributed by atoms with Crippen LogP contribution in [0.4, 0.5) is 0 Å². The second-order valence-corrected chi connectivity index (χ2v) is 14.9. The number of hydrogen-bond donors (Lipinski definition) is 1. The number of hydrogen-bond acceptors (Lipinski definition) is 1. The Morgan fingerprint density at radius 3 is 1.53 bits per heavy atom. The molecule has 2 aromatic carbocycles. The van der Waals surface area contributed by atoms with E-state index in [1.165, 1.54) is 64.2 Å². The van der Waals surface area contributed by atoms with Crippen LogP contribution in [0.25, 0.3) is 5.57 Å². The van der Waals surface area contributed by atoms with Gasteiger partial charge in [0, 0.05) is 5.56 Å². The van der Waals surface area contributed by atoms with Gasteiger partial charge < -0.3 is 5.11 Å². The van der Waals surface area contributed by atoms with E-state index < -0.39 is 13.7 Å². The van der Waals surface area contributed by atoms with Crippen LogP contribution in [-0.2, 0) is 26.2 Å². The average Bonchev–Trinajstić information content (AvgIpc) is 3.68. The van der Waals surface area contributed by atoms with Gasteiger partial charge in [0.25, 0.3) is 0 Å². The average molecular weight is 607 g/mol. The predicted octanol–water partition coefficient (Wildman–Crippen LogP) is 9.94. The van der Waals surface area contributed by atoms with Gasteiger partial charge in [-0.2, -0.15) is 11.1 Å². The Morgan fingerprint density at radius 1 is 0.737 bits per heavy atom. The van der Waals surface area contributed by atoms with Crippen LogP contribution < -0.4 is 0 Å². The first-order valence-electron chi connectivity index (χ1n) is 14.9. The first-order chi connectivity index (χ1) is 17.9. The Labute approximate surface area is 255 Å². The minimum Gasteiger partial charge on any atom is -0.388 e. The third-order valence-electron chi connectivity index (χ3n) is 7.09. The summed E-state index contributed by atoms with van der Waals surface area (Å²) in [6, 6.07) is 20.3. The van der Waals surface area contributed by atoms with Crippen molar-refractivity contribution in [3.63, 3.8) is 0 Å². The van der Waals surface area contributed by atoms with Crippen molar-refractivity contribution in [3.05, 3.63) is 77.5 Å². The topological polar surface area (TPSA) is 20.2 Å². The third-order valence-corrected chi connectivity index (χ3v) is 8.71. The van der Waals surface area contributed by atoms with Crippen molar-refractivity contribution in [2.45, 2.75) is 122 Å². The summed E-state index contributed by atoms with van der Waals surface area (Å²) in [6.45, 7) is 8.65. The maximum atomic E-state index is 11.5. The van der Waals surface area contributed by atoms with Gasteiger partial charge in [0.1, 0.15) is 0 Å². The molecule has 0 saturated heterocycles. The summed E-state index contributed by atoms with van der Waals surface area (Å²) in [4.78, 5) is 0. The molecule has 2 aromatic rings. The first kappa shape index (κ1) is 34.8. The van der Waals surface area contributed by atoms with Crippen molar-refractivity contribution in [3.8, 4) is 11.5 Å². The number of rotatable bonds is 7. The summed E-state index contributed by atoms with van der Waals surface area (Å²) in [5.74, 6) is 3.31. The first-order valence-corrected chi connectivity index (χ1v) is 17.9. The fraction of sp³-hybridized carbons (Fsp3) is 0.543. The minimum atomic E-state index is -2.11. The molecule has 0 atom stereocenters. The summed E-state index contributed by atoms with van der Waals surface area (Å²) in [5.41, 5.74) is 9.38. The molecule has 0 spiro atoms. The van der Waals surface area contributed by atoms with Crippen molar-refractivity contribution >= 4 is 13.6 Å². The van der Waals surface area contributed by atoms with E-state index in [0.29, 0.717) is 0 Å². The molecule has 38 heavy (non-hydrogen) atoms. The van der Waals surface area contributed by atoms with Crippen molar-refractivity contribution in [2.75, 3.05) is 0 Å². The molecule has 1 radical (unpaired) electrons. The quantitative estimate of drug-likeness (QED) is 0.189. The van der Waals surface area contributed by atoms with E-state index in [1.54, 1.807) is 0 Å². The zero-order valence-corrected chi connectivity index (χ0v) is 28.1. The van der Waals surface area contributed by atoms with Crippen molar-refractivity contribution in [1.29, 1.82) is 0 Å². The maximum absolute atomic E-state index is 11.5. The van der Waals surface area contributed by atoms with Crippen LogP contribution >= 0.6 is 0 Å². The number of benzene rings is 2. The molecule has 0 amide bonds. The van der Waals surface area contributed by atoms with Gasteiger partial charge in [0.15, 0.2) is 0 Å². The molecule has 203 valence electrons. The smallest absolute Gasteiger partial charge is 0.388 e. The Kier molecular flexibility index (Phi) is 18.1. The monoisotopic (exact) mass is 605 g/mol. The molecule has 3 heteroatoms. The minimum absolute atomic E-state index is 0. The zero-order chi connectivity index (χ0) is 26.8. The Bertz CT molecular complexity index is 916. The van der Waals surface area contributed by atoms with E-state index in [1.807, 2.05) is 48.5 Å². The second-order valence-electron chi connectivity index (χ2n) is 11.2. The molecular weight excluding hydrogens is 556 g/mol. The Balaban J connectivity index is 0.000000541. The zero-order valence-electron chi connectivity index (χ0n) is 24.6. The molecule has 0 aromatic heterocycles. The van der Waals surface area contributed by atoms with Gasteiger partial charge in [-0.25, -0.2) is 0 Å². The van der Waals surface area contributed by atoms with Crippen LogP contribution in [0.5, 0.6) is 0 Å². The van der Waals surface area contributed by atoms with E-state index in [2.05, 4.69) is 56.2 Å². The SMILES string of the molecule is C1CCCC1.C1CCCC1.CCCC(O)(CCC)C(=[C-][Si](C)(C)C#Cc1ccccc1)c1ccccc1.[Zr+3]. The summed E-state index contributed by atoms with van der Waals surface area (Å²) < 4.78 is 0. The third kappa shape index (κ3) is 13.7. The van der Waals surface area contributed by atoms with Gasteiger partial charge in [-0.05, 0) is 25.0 Å². The molecule has 4 rings (SSSR count). The molecule has 2 saturated carbocycles. The largest absolute Gasteiger partial charge is 3.00 e. The van der Waals surface area contributed by atoms with Gasteiger partial charge in [0.05, 0.1) is 13.7 Å². The molecule has 1 nitrogen and oxygen atoms in total. The second kappa shape index (κ2) is 19.8. The summed E-state index contributed by atoms with van der Waals surface area (Å²) in [7, 11) is -2.11. The van der Waals surface area contributed by atoms with Crippen LogP contribution in [0, 0.1) is 17.2 Å². The van der Waals surface area contributed by atoms with Crippen LogP contribution in [0.15, 0.2) is 60.7 Å². The van der Waals surface area contributed by atoms with Crippen molar-refractivity contribution in [2.24, 2.45) is 0 Å².